The highest BCUT2D eigenvalue weighted by Crippen LogP contribution is 2.38. The first-order valence-electron chi connectivity index (χ1n) is 6.62. The molecule has 0 amide bonds. The fraction of sp³-hybridized carbons (Fsp3) is 0.357. The molecule has 2 aromatic rings. The standard InChI is InChI=1S/C14H15N3O3S/c1-20-11-6-8(4-5-15-11)7-16-14-17-12-9(13(18)19)2-3-10(12)21-14/h4-6,9H,2-3,7H2,1H3,(H,16,17)(H,18,19). The van der Waals surface area contributed by atoms with Gasteiger partial charge in [0.15, 0.2) is 5.13 Å². The van der Waals surface area contributed by atoms with Crippen molar-refractivity contribution in [2.24, 2.45) is 0 Å². The molecule has 0 saturated carbocycles. The average molecular weight is 305 g/mol. The quantitative estimate of drug-likeness (QED) is 0.881. The summed E-state index contributed by atoms with van der Waals surface area (Å²) in [5.74, 6) is -0.667. The zero-order valence-electron chi connectivity index (χ0n) is 11.5. The van der Waals surface area contributed by atoms with Crippen molar-refractivity contribution in [2.75, 3.05) is 12.4 Å². The number of carboxylic acids is 1. The molecule has 2 N–H and O–H groups in total. The highest BCUT2D eigenvalue weighted by molar-refractivity contribution is 7.15. The van der Waals surface area contributed by atoms with E-state index >= 15 is 0 Å². The van der Waals surface area contributed by atoms with Gasteiger partial charge in [-0.2, -0.15) is 0 Å². The largest absolute Gasteiger partial charge is 0.481 e. The lowest BCUT2D eigenvalue weighted by atomic mass is 10.1. The number of aryl methyl sites for hydroxylation is 1. The normalized spacial score (nSPS) is 16.5. The number of ether oxygens (including phenoxy) is 1. The Balaban J connectivity index is 1.69. The summed E-state index contributed by atoms with van der Waals surface area (Å²) in [5, 5.41) is 13.2. The molecule has 21 heavy (non-hydrogen) atoms. The summed E-state index contributed by atoms with van der Waals surface area (Å²) in [5.41, 5.74) is 1.76. The maximum atomic E-state index is 11.1. The van der Waals surface area contributed by atoms with Gasteiger partial charge >= 0.3 is 5.97 Å². The maximum absolute atomic E-state index is 11.1. The van der Waals surface area contributed by atoms with Crippen LogP contribution >= 0.6 is 11.3 Å². The van der Waals surface area contributed by atoms with E-state index in [9.17, 15) is 4.79 Å². The zero-order valence-corrected chi connectivity index (χ0v) is 12.3. The highest BCUT2D eigenvalue weighted by atomic mass is 32.1. The van der Waals surface area contributed by atoms with Gasteiger partial charge in [-0.1, -0.05) is 0 Å². The van der Waals surface area contributed by atoms with Crippen LogP contribution in [0.4, 0.5) is 5.13 Å². The summed E-state index contributed by atoms with van der Waals surface area (Å²) in [6.07, 6.45) is 3.15. The Bertz CT molecular complexity index is 671. The molecule has 6 nitrogen and oxygen atoms in total. The lowest BCUT2D eigenvalue weighted by Gasteiger charge is -2.05. The molecular weight excluding hydrogens is 290 g/mol. The number of hydrogen-bond acceptors (Lipinski definition) is 6. The molecule has 0 aliphatic heterocycles. The molecule has 1 atom stereocenters. The third-order valence-corrected chi connectivity index (χ3v) is 4.56. The molecule has 0 fully saturated rings. The van der Waals surface area contributed by atoms with Crippen molar-refractivity contribution in [1.82, 2.24) is 9.97 Å². The number of aromatic nitrogens is 2. The van der Waals surface area contributed by atoms with Gasteiger partial charge in [0.05, 0.1) is 12.8 Å². The molecule has 2 aromatic heterocycles. The lowest BCUT2D eigenvalue weighted by Crippen LogP contribution is -2.09. The summed E-state index contributed by atoms with van der Waals surface area (Å²) >= 11 is 1.54. The van der Waals surface area contributed by atoms with Crippen LogP contribution in [-0.4, -0.2) is 28.2 Å². The second-order valence-electron chi connectivity index (χ2n) is 4.82. The van der Waals surface area contributed by atoms with Crippen molar-refractivity contribution < 1.29 is 14.6 Å². The van der Waals surface area contributed by atoms with E-state index in [1.165, 1.54) is 11.3 Å². The fourth-order valence-electron chi connectivity index (χ4n) is 2.39. The molecule has 1 aliphatic rings. The van der Waals surface area contributed by atoms with E-state index in [4.69, 9.17) is 9.84 Å². The number of thiazole rings is 1. The predicted octanol–water partition coefficient (Wildman–Crippen LogP) is 2.27. The second kappa shape index (κ2) is 5.69. The van der Waals surface area contributed by atoms with E-state index in [1.54, 1.807) is 13.3 Å². The molecule has 3 rings (SSSR count). The van der Waals surface area contributed by atoms with Crippen LogP contribution in [0.25, 0.3) is 0 Å². The first-order valence-corrected chi connectivity index (χ1v) is 7.44. The van der Waals surface area contributed by atoms with Gasteiger partial charge in [-0.15, -0.1) is 11.3 Å². The Labute approximate surface area is 125 Å². The van der Waals surface area contributed by atoms with E-state index in [1.807, 2.05) is 12.1 Å². The molecule has 2 heterocycles. The summed E-state index contributed by atoms with van der Waals surface area (Å²) in [6.45, 7) is 0.600. The Morgan fingerprint density at radius 2 is 2.48 bits per heavy atom. The second-order valence-corrected chi connectivity index (χ2v) is 5.90. The van der Waals surface area contributed by atoms with Gasteiger partial charge < -0.3 is 15.2 Å². The molecule has 0 saturated heterocycles. The summed E-state index contributed by atoms with van der Waals surface area (Å²) in [4.78, 5) is 20.7. The van der Waals surface area contributed by atoms with Gasteiger partial charge in [0.1, 0.15) is 5.92 Å². The smallest absolute Gasteiger partial charge is 0.312 e. The third-order valence-electron chi connectivity index (χ3n) is 3.47. The van der Waals surface area contributed by atoms with Crippen molar-refractivity contribution in [3.05, 3.63) is 34.5 Å². The van der Waals surface area contributed by atoms with Gasteiger partial charge in [0.25, 0.3) is 0 Å². The van der Waals surface area contributed by atoms with Crippen LogP contribution in [0.2, 0.25) is 0 Å². The Kier molecular flexibility index (Phi) is 3.74. The Hall–Kier alpha value is -2.15. The van der Waals surface area contributed by atoms with Crippen LogP contribution in [0, 0.1) is 0 Å². The Morgan fingerprint density at radius 3 is 3.24 bits per heavy atom. The number of pyridine rings is 1. The van der Waals surface area contributed by atoms with Crippen LogP contribution in [0.5, 0.6) is 5.88 Å². The highest BCUT2D eigenvalue weighted by Gasteiger charge is 2.32. The summed E-state index contributed by atoms with van der Waals surface area (Å²) in [7, 11) is 1.58. The summed E-state index contributed by atoms with van der Waals surface area (Å²) in [6, 6.07) is 3.76. The van der Waals surface area contributed by atoms with E-state index in [-0.39, 0.29) is 0 Å². The minimum Gasteiger partial charge on any atom is -0.481 e. The average Bonchev–Trinajstić information content (AvgIpc) is 3.04. The number of anilines is 1. The minimum absolute atomic E-state index is 0.451. The fourth-order valence-corrected chi connectivity index (χ4v) is 3.43. The minimum atomic E-state index is -0.788. The first kappa shape index (κ1) is 13.8. The molecule has 0 spiro atoms. The van der Waals surface area contributed by atoms with Crippen molar-refractivity contribution in [3.63, 3.8) is 0 Å². The van der Waals surface area contributed by atoms with Gasteiger partial charge in [-0.3, -0.25) is 4.79 Å². The van der Waals surface area contributed by atoms with Crippen LogP contribution < -0.4 is 10.1 Å². The molecule has 7 heteroatoms. The van der Waals surface area contributed by atoms with Crippen LogP contribution in [-0.2, 0) is 17.8 Å². The van der Waals surface area contributed by atoms with Gasteiger partial charge in [-0.25, -0.2) is 9.97 Å². The van der Waals surface area contributed by atoms with Crippen molar-refractivity contribution in [3.8, 4) is 5.88 Å². The zero-order chi connectivity index (χ0) is 14.8. The maximum Gasteiger partial charge on any atom is 0.312 e. The molecule has 0 aromatic carbocycles. The number of aliphatic carboxylic acids is 1. The molecule has 0 bridgehead atoms. The SMILES string of the molecule is COc1cc(CNc2nc3c(s2)CCC3C(=O)O)ccn1. The van der Waals surface area contributed by atoms with Gasteiger partial charge in [0, 0.05) is 23.7 Å². The van der Waals surface area contributed by atoms with Crippen LogP contribution in [0.1, 0.15) is 28.5 Å². The number of carbonyl (C=O) groups is 1. The van der Waals surface area contributed by atoms with Crippen molar-refractivity contribution >= 4 is 22.4 Å². The van der Waals surface area contributed by atoms with Crippen LogP contribution in [0.15, 0.2) is 18.3 Å². The number of nitrogens with zero attached hydrogens (tertiary/aromatic N) is 2. The Morgan fingerprint density at radius 1 is 1.62 bits per heavy atom. The number of carboxylic acid groups (broad SMARTS) is 1. The number of rotatable bonds is 5. The van der Waals surface area contributed by atoms with Crippen molar-refractivity contribution in [2.45, 2.75) is 25.3 Å². The number of methoxy groups -OCH3 is 1. The van der Waals surface area contributed by atoms with Gasteiger partial charge in [0.2, 0.25) is 5.88 Å². The van der Waals surface area contributed by atoms with E-state index < -0.39 is 11.9 Å². The number of hydrogen-bond donors (Lipinski definition) is 2. The molecule has 1 unspecified atom stereocenters. The molecular formula is C14H15N3O3S. The molecule has 110 valence electrons. The summed E-state index contributed by atoms with van der Waals surface area (Å²) < 4.78 is 5.08. The van der Waals surface area contributed by atoms with E-state index in [0.717, 1.165) is 27.7 Å². The van der Waals surface area contributed by atoms with Gasteiger partial charge in [-0.05, 0) is 24.5 Å². The molecule has 0 radical (unpaired) electrons. The van der Waals surface area contributed by atoms with Crippen molar-refractivity contribution in [1.29, 1.82) is 0 Å². The van der Waals surface area contributed by atoms with E-state index in [0.29, 0.717) is 18.8 Å². The predicted molar refractivity (Wildman–Crippen MR) is 78.9 cm³/mol. The molecule has 1 aliphatic carbocycles. The first-order chi connectivity index (χ1) is 10.2. The third kappa shape index (κ3) is 2.82. The van der Waals surface area contributed by atoms with E-state index in [2.05, 4.69) is 15.3 Å². The lowest BCUT2D eigenvalue weighted by molar-refractivity contribution is -0.138. The number of nitrogens with one attached hydrogen (secondary N) is 1. The van der Waals surface area contributed by atoms with Crippen LogP contribution in [0.3, 0.4) is 0 Å². The topological polar surface area (TPSA) is 84.3 Å². The number of fused-ring (bicyclic) bond motifs is 1. The monoisotopic (exact) mass is 305 g/mol.